The highest BCUT2D eigenvalue weighted by molar-refractivity contribution is 7.81. The molecule has 11 heteroatoms. The molecule has 35 heavy (non-hydrogen) atoms. The number of hydrogen-bond donors (Lipinski definition) is 1. The second kappa shape index (κ2) is 10.7. The Morgan fingerprint density at radius 2 is 1.63 bits per heavy atom. The van der Waals surface area contributed by atoms with Crippen LogP contribution in [0.25, 0.3) is 22.5 Å². The van der Waals surface area contributed by atoms with E-state index in [1.807, 2.05) is 10.4 Å². The van der Waals surface area contributed by atoms with Crippen LogP contribution >= 0.6 is 0 Å². The van der Waals surface area contributed by atoms with E-state index in [1.165, 1.54) is 5.56 Å². The van der Waals surface area contributed by atoms with Gasteiger partial charge in [-0.05, 0) is 17.7 Å². The van der Waals surface area contributed by atoms with E-state index < -0.39 is 11.0 Å². The van der Waals surface area contributed by atoms with Gasteiger partial charge in [-0.25, -0.2) is 28.5 Å². The minimum Gasteiger partial charge on any atom is -0.378 e. The van der Waals surface area contributed by atoms with Crippen LogP contribution < -0.4 is 10.6 Å². The molecule has 10 nitrogen and oxygen atoms in total. The molecule has 2 saturated heterocycles. The van der Waals surface area contributed by atoms with Crippen LogP contribution in [0.15, 0.2) is 42.7 Å². The number of aromatic nitrogens is 4. The lowest BCUT2D eigenvalue weighted by Gasteiger charge is -2.33. The average Bonchev–Trinajstić information content (AvgIpc) is 2.90. The van der Waals surface area contributed by atoms with E-state index in [-0.39, 0.29) is 5.95 Å². The van der Waals surface area contributed by atoms with Crippen LogP contribution in [-0.2, 0) is 22.3 Å². The number of rotatable bonds is 6. The molecular weight excluding hydrogens is 464 g/mol. The molecule has 2 aliphatic heterocycles. The third kappa shape index (κ3) is 5.81. The van der Waals surface area contributed by atoms with E-state index in [0.717, 1.165) is 68.3 Å². The Kier molecular flexibility index (Phi) is 7.28. The minimum absolute atomic E-state index is 0.232. The fourth-order valence-corrected chi connectivity index (χ4v) is 5.01. The fourth-order valence-electron chi connectivity index (χ4n) is 4.34. The second-order valence-corrected chi connectivity index (χ2v) is 10.1. The van der Waals surface area contributed by atoms with Gasteiger partial charge in [0.1, 0.15) is 0 Å². The number of hydrogen-bond acceptors (Lipinski definition) is 9. The number of benzene rings is 1. The highest BCUT2D eigenvalue weighted by Gasteiger charge is 2.20. The van der Waals surface area contributed by atoms with E-state index in [0.29, 0.717) is 19.2 Å². The van der Waals surface area contributed by atoms with E-state index in [2.05, 4.69) is 44.0 Å². The lowest BCUT2D eigenvalue weighted by atomic mass is 10.1. The fraction of sp³-hybridized carbons (Fsp3) is 0.417. The van der Waals surface area contributed by atoms with Gasteiger partial charge in [-0.2, -0.15) is 0 Å². The molecule has 2 fully saturated rings. The summed E-state index contributed by atoms with van der Waals surface area (Å²) in [6.07, 6.45) is 5.13. The van der Waals surface area contributed by atoms with Crippen molar-refractivity contribution in [2.24, 2.45) is 0 Å². The quantitative estimate of drug-likeness (QED) is 0.544. The Labute approximate surface area is 207 Å². The first-order chi connectivity index (χ1) is 17.0. The Morgan fingerprint density at radius 3 is 2.31 bits per heavy atom. The summed E-state index contributed by atoms with van der Waals surface area (Å²) in [7, 11) is -0.901. The summed E-state index contributed by atoms with van der Waals surface area (Å²) in [6, 6.07) is 10.5. The molecule has 4 heterocycles. The summed E-state index contributed by atoms with van der Waals surface area (Å²) in [4.78, 5) is 22.6. The second-order valence-electron chi connectivity index (χ2n) is 8.70. The summed E-state index contributed by atoms with van der Waals surface area (Å²) in [5.74, 6) is 0.905. The zero-order chi connectivity index (χ0) is 24.2. The van der Waals surface area contributed by atoms with Gasteiger partial charge in [-0.15, -0.1) is 0 Å². The summed E-state index contributed by atoms with van der Waals surface area (Å²) in [5, 5.41) is 0. The van der Waals surface area contributed by atoms with Crippen LogP contribution in [0.4, 0.5) is 11.9 Å². The number of nitrogens with two attached hydrogens (primary N) is 1. The van der Waals surface area contributed by atoms with Crippen LogP contribution in [0.2, 0.25) is 0 Å². The molecule has 0 radical (unpaired) electrons. The monoisotopic (exact) mass is 494 g/mol. The summed E-state index contributed by atoms with van der Waals surface area (Å²) in [5.41, 5.74) is 10.3. The first kappa shape index (κ1) is 23.7. The van der Waals surface area contributed by atoms with Gasteiger partial charge in [-0.3, -0.25) is 4.90 Å². The average molecular weight is 495 g/mol. The van der Waals surface area contributed by atoms with E-state index in [9.17, 15) is 4.21 Å². The molecule has 2 N–H and O–H groups in total. The van der Waals surface area contributed by atoms with Gasteiger partial charge in [0.05, 0.1) is 35.6 Å². The zero-order valence-electron chi connectivity index (χ0n) is 19.8. The van der Waals surface area contributed by atoms with Gasteiger partial charge in [0.25, 0.3) is 0 Å². The summed E-state index contributed by atoms with van der Waals surface area (Å²) >= 11 is 0. The van der Waals surface area contributed by atoms with Crippen molar-refractivity contribution in [1.82, 2.24) is 29.1 Å². The van der Waals surface area contributed by atoms with Crippen LogP contribution in [0.1, 0.15) is 5.56 Å². The number of ether oxygens (including phenoxy) is 1. The standard InChI is InChI=1S/C24H30N8O2S/c1-35(33)32-7-5-30(6-8-32)17-18-3-2-4-19(13-18)21-14-22(20-15-26-23(25)27-16-20)29-24(28-21)31-9-11-34-12-10-31/h2-4,13-16H,5-12,17H2,1H3,(H2,25,26,27). The third-order valence-electron chi connectivity index (χ3n) is 6.30. The molecule has 5 rings (SSSR count). The van der Waals surface area contributed by atoms with Crippen molar-refractivity contribution >= 4 is 22.9 Å². The lowest BCUT2D eigenvalue weighted by molar-refractivity contribution is 0.122. The molecule has 2 aliphatic rings. The normalized spacial score (nSPS) is 18.5. The van der Waals surface area contributed by atoms with Crippen LogP contribution in [0.3, 0.4) is 0 Å². The van der Waals surface area contributed by atoms with Crippen molar-refractivity contribution in [3.05, 3.63) is 48.3 Å². The molecule has 1 atom stereocenters. The molecule has 0 amide bonds. The van der Waals surface area contributed by atoms with Crippen molar-refractivity contribution in [2.75, 3.05) is 69.4 Å². The first-order valence-corrected chi connectivity index (χ1v) is 13.3. The van der Waals surface area contributed by atoms with Crippen molar-refractivity contribution in [2.45, 2.75) is 6.54 Å². The first-order valence-electron chi connectivity index (χ1n) is 11.7. The van der Waals surface area contributed by atoms with Gasteiger partial charge in [-0.1, -0.05) is 18.2 Å². The number of piperazine rings is 1. The Morgan fingerprint density at radius 1 is 0.943 bits per heavy atom. The molecular formula is C24H30N8O2S. The van der Waals surface area contributed by atoms with Gasteiger partial charge >= 0.3 is 0 Å². The molecule has 3 aromatic rings. The molecule has 0 aliphatic carbocycles. The smallest absolute Gasteiger partial charge is 0.226 e. The largest absolute Gasteiger partial charge is 0.378 e. The Hall–Kier alpha value is -2.99. The van der Waals surface area contributed by atoms with Crippen LogP contribution in [0.5, 0.6) is 0 Å². The van der Waals surface area contributed by atoms with Crippen LogP contribution in [-0.4, -0.2) is 92.1 Å². The summed E-state index contributed by atoms with van der Waals surface area (Å²) < 4.78 is 19.3. The summed E-state index contributed by atoms with van der Waals surface area (Å²) in [6.45, 7) is 7.10. The van der Waals surface area contributed by atoms with Crippen molar-refractivity contribution in [1.29, 1.82) is 0 Å². The lowest BCUT2D eigenvalue weighted by Crippen LogP contribution is -2.46. The molecule has 0 saturated carbocycles. The predicted octanol–water partition coefficient (Wildman–Crippen LogP) is 1.43. The molecule has 184 valence electrons. The Bertz CT molecular complexity index is 1180. The molecule has 0 bridgehead atoms. The van der Waals surface area contributed by atoms with Crippen molar-refractivity contribution < 1.29 is 8.95 Å². The maximum atomic E-state index is 11.7. The van der Waals surface area contributed by atoms with Gasteiger partial charge < -0.3 is 15.4 Å². The zero-order valence-corrected chi connectivity index (χ0v) is 20.7. The number of nitrogens with zero attached hydrogens (tertiary/aromatic N) is 7. The number of nitrogen functional groups attached to an aromatic ring is 1. The highest BCUT2D eigenvalue weighted by Crippen LogP contribution is 2.27. The van der Waals surface area contributed by atoms with Gasteiger partial charge in [0.15, 0.2) is 0 Å². The minimum atomic E-state index is -0.901. The molecule has 1 unspecified atom stereocenters. The van der Waals surface area contributed by atoms with E-state index in [4.69, 9.17) is 20.4 Å². The maximum Gasteiger partial charge on any atom is 0.226 e. The van der Waals surface area contributed by atoms with Crippen molar-refractivity contribution in [3.8, 4) is 22.5 Å². The predicted molar refractivity (Wildman–Crippen MR) is 137 cm³/mol. The van der Waals surface area contributed by atoms with Gasteiger partial charge in [0, 0.05) is 75.6 Å². The van der Waals surface area contributed by atoms with Crippen molar-refractivity contribution in [3.63, 3.8) is 0 Å². The number of morpholine rings is 1. The third-order valence-corrected chi connectivity index (χ3v) is 7.39. The molecule has 0 spiro atoms. The van der Waals surface area contributed by atoms with E-state index in [1.54, 1.807) is 18.6 Å². The Balaban J connectivity index is 1.42. The highest BCUT2D eigenvalue weighted by atomic mass is 32.2. The number of anilines is 2. The topological polar surface area (TPSA) is 114 Å². The van der Waals surface area contributed by atoms with E-state index >= 15 is 0 Å². The molecule has 1 aromatic carbocycles. The van der Waals surface area contributed by atoms with Crippen LogP contribution in [0, 0.1) is 0 Å². The van der Waals surface area contributed by atoms with Gasteiger partial charge in [0.2, 0.25) is 11.9 Å². The maximum absolute atomic E-state index is 11.7. The molecule has 2 aromatic heterocycles. The SMILES string of the molecule is CS(=O)N1CCN(Cc2cccc(-c3cc(-c4cnc(N)nc4)nc(N4CCOCC4)n3)c2)CC1.